The van der Waals surface area contributed by atoms with Gasteiger partial charge in [-0.3, -0.25) is 4.79 Å². The molecule has 1 saturated heterocycles. The molecule has 29 heavy (non-hydrogen) atoms. The summed E-state index contributed by atoms with van der Waals surface area (Å²) in [4.78, 5) is 17.3. The van der Waals surface area contributed by atoms with E-state index in [-0.39, 0.29) is 11.7 Å². The third-order valence-corrected chi connectivity index (χ3v) is 5.02. The van der Waals surface area contributed by atoms with Gasteiger partial charge in [-0.25, -0.2) is 9.38 Å². The van der Waals surface area contributed by atoms with Crippen molar-refractivity contribution in [2.24, 2.45) is 4.99 Å². The van der Waals surface area contributed by atoms with E-state index in [0.29, 0.717) is 22.4 Å². The molecule has 1 amide bonds. The first-order chi connectivity index (χ1) is 14.2. The van der Waals surface area contributed by atoms with E-state index in [1.807, 2.05) is 54.6 Å². The number of amides is 1. The van der Waals surface area contributed by atoms with Crippen molar-refractivity contribution in [1.29, 1.82) is 0 Å². The molecule has 1 aliphatic rings. The van der Waals surface area contributed by atoms with Crippen molar-refractivity contribution < 1.29 is 13.9 Å². The number of ether oxygens (including phenoxy) is 1. The minimum Gasteiger partial charge on any atom is -0.489 e. The maximum absolute atomic E-state index is 13.0. The van der Waals surface area contributed by atoms with Crippen molar-refractivity contribution in [3.8, 4) is 5.75 Å². The summed E-state index contributed by atoms with van der Waals surface area (Å²) in [5.41, 5.74) is 2.51. The van der Waals surface area contributed by atoms with Crippen LogP contribution < -0.4 is 10.1 Å². The number of carbonyl (C=O) groups is 1. The van der Waals surface area contributed by atoms with Gasteiger partial charge in [0.1, 0.15) is 18.2 Å². The summed E-state index contributed by atoms with van der Waals surface area (Å²) in [5.74, 6) is 0.220. The monoisotopic (exact) mass is 404 g/mol. The number of para-hydroxylation sites is 1. The number of amidine groups is 1. The fourth-order valence-electron chi connectivity index (χ4n) is 2.69. The molecule has 1 heterocycles. The van der Waals surface area contributed by atoms with Gasteiger partial charge in [0.15, 0.2) is 5.17 Å². The predicted octanol–water partition coefficient (Wildman–Crippen LogP) is 5.30. The van der Waals surface area contributed by atoms with Crippen LogP contribution in [0.15, 0.2) is 88.8 Å². The lowest BCUT2D eigenvalue weighted by Gasteiger charge is -2.07. The average Bonchev–Trinajstić information content (AvgIpc) is 3.07. The summed E-state index contributed by atoms with van der Waals surface area (Å²) in [6, 6.07) is 23.1. The zero-order chi connectivity index (χ0) is 20.1. The largest absolute Gasteiger partial charge is 0.489 e. The first-order valence-electron chi connectivity index (χ1n) is 8.98. The molecule has 0 aliphatic carbocycles. The van der Waals surface area contributed by atoms with Gasteiger partial charge in [0, 0.05) is 0 Å². The van der Waals surface area contributed by atoms with Gasteiger partial charge in [0.25, 0.3) is 5.91 Å². The molecule has 1 N–H and O–H groups in total. The summed E-state index contributed by atoms with van der Waals surface area (Å²) in [5, 5.41) is 3.33. The summed E-state index contributed by atoms with van der Waals surface area (Å²) >= 11 is 1.30. The van der Waals surface area contributed by atoms with Crippen LogP contribution in [0, 0.1) is 5.82 Å². The molecule has 144 valence electrons. The number of hydrogen-bond acceptors (Lipinski definition) is 4. The second kappa shape index (κ2) is 8.75. The Morgan fingerprint density at radius 1 is 1.00 bits per heavy atom. The van der Waals surface area contributed by atoms with Crippen molar-refractivity contribution in [2.75, 3.05) is 0 Å². The Morgan fingerprint density at radius 2 is 1.79 bits per heavy atom. The van der Waals surface area contributed by atoms with Gasteiger partial charge in [0.05, 0.1) is 10.6 Å². The zero-order valence-electron chi connectivity index (χ0n) is 15.3. The van der Waals surface area contributed by atoms with E-state index in [1.54, 1.807) is 18.2 Å². The highest BCUT2D eigenvalue weighted by atomic mass is 32.2. The van der Waals surface area contributed by atoms with Crippen LogP contribution in [0.3, 0.4) is 0 Å². The summed E-state index contributed by atoms with van der Waals surface area (Å²) in [6.45, 7) is 0.337. The third-order valence-electron chi connectivity index (χ3n) is 4.11. The van der Waals surface area contributed by atoms with Gasteiger partial charge in [-0.05, 0) is 65.4 Å². The van der Waals surface area contributed by atoms with Crippen LogP contribution in [0.5, 0.6) is 5.75 Å². The van der Waals surface area contributed by atoms with Crippen molar-refractivity contribution >= 4 is 34.6 Å². The Balaban J connectivity index is 1.45. The number of thioether (sulfide) groups is 1. The summed E-state index contributed by atoms with van der Waals surface area (Å²) in [7, 11) is 0. The van der Waals surface area contributed by atoms with Gasteiger partial charge in [-0.2, -0.15) is 0 Å². The van der Waals surface area contributed by atoms with Gasteiger partial charge in [-0.15, -0.1) is 0 Å². The van der Waals surface area contributed by atoms with Crippen LogP contribution in [0.2, 0.25) is 0 Å². The normalized spacial score (nSPS) is 16.2. The summed E-state index contributed by atoms with van der Waals surface area (Å²) in [6.07, 6.45) is 1.80. The van der Waals surface area contributed by atoms with E-state index in [2.05, 4.69) is 10.3 Å². The molecule has 0 unspecified atom stereocenters. The Hall–Kier alpha value is -3.38. The molecule has 3 aromatic rings. The van der Waals surface area contributed by atoms with Gasteiger partial charge >= 0.3 is 0 Å². The molecule has 0 spiro atoms. The first-order valence-corrected chi connectivity index (χ1v) is 9.79. The number of hydrogen-bond donors (Lipinski definition) is 1. The Bertz CT molecular complexity index is 1080. The Kier molecular flexibility index (Phi) is 5.72. The lowest BCUT2D eigenvalue weighted by atomic mass is 10.2. The SMILES string of the molecule is O=C1NC(=Nc2ccccc2)S/C1=C\c1cccc(OCc2ccc(F)cc2)c1. The number of benzene rings is 3. The van der Waals surface area contributed by atoms with Gasteiger partial charge < -0.3 is 10.1 Å². The molecule has 1 fully saturated rings. The van der Waals surface area contributed by atoms with E-state index < -0.39 is 0 Å². The van der Waals surface area contributed by atoms with Crippen LogP contribution in [-0.4, -0.2) is 11.1 Å². The predicted molar refractivity (Wildman–Crippen MR) is 114 cm³/mol. The molecule has 3 aromatic carbocycles. The highest BCUT2D eigenvalue weighted by Gasteiger charge is 2.23. The molecule has 0 saturated carbocycles. The van der Waals surface area contributed by atoms with Crippen LogP contribution in [0.25, 0.3) is 6.08 Å². The standard InChI is InChI=1S/C23H17FN2O2S/c24-18-11-9-16(10-12-18)15-28-20-8-4-5-17(13-20)14-21-22(27)26-23(29-21)25-19-6-2-1-3-7-19/h1-14H,15H2,(H,25,26,27)/b21-14-. The topological polar surface area (TPSA) is 50.7 Å². The number of carbonyl (C=O) groups excluding carboxylic acids is 1. The molecule has 0 bridgehead atoms. The van der Waals surface area contributed by atoms with E-state index in [9.17, 15) is 9.18 Å². The first kappa shape index (κ1) is 19.0. The number of aliphatic imine (C=N–C) groups is 1. The number of nitrogens with zero attached hydrogens (tertiary/aromatic N) is 1. The van der Waals surface area contributed by atoms with E-state index in [0.717, 1.165) is 16.8 Å². The smallest absolute Gasteiger partial charge is 0.264 e. The third kappa shape index (κ3) is 5.12. The highest BCUT2D eigenvalue weighted by molar-refractivity contribution is 8.18. The van der Waals surface area contributed by atoms with Crippen LogP contribution in [0.4, 0.5) is 10.1 Å². The number of rotatable bonds is 5. The van der Waals surface area contributed by atoms with Crippen molar-refractivity contribution in [3.05, 3.63) is 101 Å². The molecule has 4 nitrogen and oxygen atoms in total. The van der Waals surface area contributed by atoms with E-state index in [4.69, 9.17) is 4.74 Å². The highest BCUT2D eigenvalue weighted by Crippen LogP contribution is 2.28. The number of nitrogens with one attached hydrogen (secondary N) is 1. The molecular weight excluding hydrogens is 387 g/mol. The molecule has 0 atom stereocenters. The zero-order valence-corrected chi connectivity index (χ0v) is 16.2. The van der Waals surface area contributed by atoms with Crippen LogP contribution in [0.1, 0.15) is 11.1 Å². The second-order valence-electron chi connectivity index (χ2n) is 6.30. The fourth-order valence-corrected chi connectivity index (χ4v) is 3.53. The average molecular weight is 404 g/mol. The van der Waals surface area contributed by atoms with Crippen LogP contribution >= 0.6 is 11.8 Å². The quantitative estimate of drug-likeness (QED) is 0.588. The second-order valence-corrected chi connectivity index (χ2v) is 7.34. The molecule has 0 radical (unpaired) electrons. The minimum absolute atomic E-state index is 0.178. The maximum atomic E-state index is 13.0. The molecule has 1 aliphatic heterocycles. The number of halogens is 1. The molecular formula is C23H17FN2O2S. The van der Waals surface area contributed by atoms with Gasteiger partial charge in [-0.1, -0.05) is 42.5 Å². The molecule has 0 aromatic heterocycles. The minimum atomic E-state index is -0.273. The lowest BCUT2D eigenvalue weighted by Crippen LogP contribution is -2.19. The fraction of sp³-hybridized carbons (Fsp3) is 0.0435. The Morgan fingerprint density at radius 3 is 2.59 bits per heavy atom. The summed E-state index contributed by atoms with van der Waals surface area (Å²) < 4.78 is 18.8. The van der Waals surface area contributed by atoms with Crippen molar-refractivity contribution in [1.82, 2.24) is 5.32 Å². The molecule has 4 rings (SSSR count). The van der Waals surface area contributed by atoms with Crippen molar-refractivity contribution in [3.63, 3.8) is 0 Å². The molecule has 6 heteroatoms. The van der Waals surface area contributed by atoms with Gasteiger partial charge in [0.2, 0.25) is 0 Å². The lowest BCUT2D eigenvalue weighted by molar-refractivity contribution is -0.115. The maximum Gasteiger partial charge on any atom is 0.264 e. The Labute approximate surface area is 172 Å². The van der Waals surface area contributed by atoms with Crippen LogP contribution in [-0.2, 0) is 11.4 Å². The van der Waals surface area contributed by atoms with E-state index >= 15 is 0 Å². The van der Waals surface area contributed by atoms with E-state index in [1.165, 1.54) is 23.9 Å². The van der Waals surface area contributed by atoms with Crippen molar-refractivity contribution in [2.45, 2.75) is 6.61 Å².